The van der Waals surface area contributed by atoms with E-state index in [2.05, 4.69) is 16.0 Å². The summed E-state index contributed by atoms with van der Waals surface area (Å²) in [5.74, 6) is -0.0709. The van der Waals surface area contributed by atoms with Crippen LogP contribution in [0, 0.1) is 11.3 Å². The van der Waals surface area contributed by atoms with Crippen LogP contribution >= 0.6 is 0 Å². The number of imidazole rings is 1. The SMILES string of the molecule is C[C@@H](Oc1ccc(/C=C(/C#N)c2nc3ccccc3[nH]2)cc1)C(=O)O. The van der Waals surface area contributed by atoms with Crippen molar-refractivity contribution in [3.8, 4) is 11.8 Å². The molecule has 0 spiro atoms. The molecule has 0 bridgehead atoms. The van der Waals surface area contributed by atoms with E-state index < -0.39 is 12.1 Å². The number of aromatic nitrogens is 2. The van der Waals surface area contributed by atoms with Gasteiger partial charge < -0.3 is 14.8 Å². The second kappa shape index (κ2) is 6.89. The maximum absolute atomic E-state index is 10.8. The van der Waals surface area contributed by atoms with E-state index in [9.17, 15) is 10.1 Å². The number of nitrogens with zero attached hydrogens (tertiary/aromatic N) is 2. The first-order valence-electron chi connectivity index (χ1n) is 7.63. The quantitative estimate of drug-likeness (QED) is 0.696. The first-order chi connectivity index (χ1) is 12.1. The van der Waals surface area contributed by atoms with Crippen molar-refractivity contribution < 1.29 is 14.6 Å². The average molecular weight is 333 g/mol. The van der Waals surface area contributed by atoms with Crippen LogP contribution in [-0.4, -0.2) is 27.1 Å². The number of para-hydroxylation sites is 2. The topological polar surface area (TPSA) is 99.0 Å². The van der Waals surface area contributed by atoms with Crippen LogP contribution in [0.1, 0.15) is 18.3 Å². The third-order valence-electron chi connectivity index (χ3n) is 3.62. The highest BCUT2D eigenvalue weighted by molar-refractivity contribution is 5.90. The number of fused-ring (bicyclic) bond motifs is 1. The maximum atomic E-state index is 10.8. The summed E-state index contributed by atoms with van der Waals surface area (Å²) in [7, 11) is 0. The molecule has 0 radical (unpaired) electrons. The van der Waals surface area contributed by atoms with Crippen LogP contribution in [0.4, 0.5) is 0 Å². The van der Waals surface area contributed by atoms with Crippen molar-refractivity contribution in [2.45, 2.75) is 13.0 Å². The predicted molar refractivity (Wildman–Crippen MR) is 93.7 cm³/mol. The lowest BCUT2D eigenvalue weighted by molar-refractivity contribution is -0.144. The van der Waals surface area contributed by atoms with Gasteiger partial charge in [-0.05, 0) is 42.8 Å². The van der Waals surface area contributed by atoms with Gasteiger partial charge in [0.25, 0.3) is 0 Å². The number of aliphatic carboxylic acids is 1. The molecule has 2 aromatic carbocycles. The molecular weight excluding hydrogens is 318 g/mol. The number of rotatable bonds is 5. The molecule has 25 heavy (non-hydrogen) atoms. The monoisotopic (exact) mass is 333 g/mol. The zero-order valence-electron chi connectivity index (χ0n) is 13.4. The Morgan fingerprint density at radius 3 is 2.64 bits per heavy atom. The molecule has 0 saturated carbocycles. The third kappa shape index (κ3) is 3.67. The van der Waals surface area contributed by atoms with Crippen LogP contribution < -0.4 is 4.74 Å². The van der Waals surface area contributed by atoms with Gasteiger partial charge in [0, 0.05) is 0 Å². The Kier molecular flexibility index (Phi) is 4.48. The van der Waals surface area contributed by atoms with Crippen molar-refractivity contribution >= 4 is 28.7 Å². The van der Waals surface area contributed by atoms with E-state index in [-0.39, 0.29) is 0 Å². The van der Waals surface area contributed by atoms with Crippen LogP contribution in [0.15, 0.2) is 48.5 Å². The van der Waals surface area contributed by atoms with Crippen LogP contribution in [0.5, 0.6) is 5.75 Å². The molecule has 0 unspecified atom stereocenters. The maximum Gasteiger partial charge on any atom is 0.344 e. The molecule has 1 heterocycles. The Bertz CT molecular complexity index is 948. The molecule has 1 atom stereocenters. The number of nitrogens with one attached hydrogen (secondary N) is 1. The first kappa shape index (κ1) is 16.3. The van der Waals surface area contributed by atoms with Gasteiger partial charge in [-0.15, -0.1) is 0 Å². The average Bonchev–Trinajstić information content (AvgIpc) is 3.04. The van der Waals surface area contributed by atoms with Gasteiger partial charge in [0.15, 0.2) is 6.10 Å². The number of ether oxygens (including phenoxy) is 1. The van der Waals surface area contributed by atoms with Crippen molar-refractivity contribution in [1.29, 1.82) is 5.26 Å². The molecule has 1 aromatic heterocycles. The Balaban J connectivity index is 1.85. The predicted octanol–water partition coefficient (Wildman–Crippen LogP) is 3.48. The van der Waals surface area contributed by atoms with Gasteiger partial charge in [-0.3, -0.25) is 0 Å². The number of hydrogen-bond acceptors (Lipinski definition) is 4. The lowest BCUT2D eigenvalue weighted by atomic mass is 10.1. The largest absolute Gasteiger partial charge is 0.479 e. The summed E-state index contributed by atoms with van der Waals surface area (Å²) in [6.45, 7) is 1.46. The van der Waals surface area contributed by atoms with E-state index in [1.165, 1.54) is 6.92 Å². The molecule has 0 fully saturated rings. The molecule has 3 aromatic rings. The normalized spacial score (nSPS) is 12.6. The van der Waals surface area contributed by atoms with Crippen molar-refractivity contribution in [3.63, 3.8) is 0 Å². The number of benzene rings is 2. The summed E-state index contributed by atoms with van der Waals surface area (Å²) in [5.41, 5.74) is 2.85. The fraction of sp³-hybridized carbons (Fsp3) is 0.105. The van der Waals surface area contributed by atoms with Crippen LogP contribution in [0.3, 0.4) is 0 Å². The standard InChI is InChI=1S/C19H15N3O3/c1-12(19(23)24)25-15-8-6-13(7-9-15)10-14(11-20)18-21-16-4-2-3-5-17(16)22-18/h2-10,12H,1H3,(H,21,22)(H,23,24)/b14-10-/t12-/m1/s1. The van der Waals surface area contributed by atoms with E-state index in [0.717, 1.165) is 16.6 Å². The minimum Gasteiger partial charge on any atom is -0.479 e. The van der Waals surface area contributed by atoms with Gasteiger partial charge in [-0.25, -0.2) is 9.78 Å². The van der Waals surface area contributed by atoms with Gasteiger partial charge in [0.1, 0.15) is 17.6 Å². The summed E-state index contributed by atoms with van der Waals surface area (Å²) < 4.78 is 5.28. The summed E-state index contributed by atoms with van der Waals surface area (Å²) in [6.07, 6.45) is 0.786. The Morgan fingerprint density at radius 1 is 1.28 bits per heavy atom. The van der Waals surface area contributed by atoms with Crippen LogP contribution in [0.2, 0.25) is 0 Å². The Labute approximate surface area is 144 Å². The van der Waals surface area contributed by atoms with Gasteiger partial charge in [0.05, 0.1) is 16.6 Å². The van der Waals surface area contributed by atoms with Crippen molar-refractivity contribution in [3.05, 3.63) is 59.9 Å². The fourth-order valence-electron chi connectivity index (χ4n) is 2.30. The van der Waals surface area contributed by atoms with E-state index >= 15 is 0 Å². The molecule has 6 heteroatoms. The van der Waals surface area contributed by atoms with Crippen LogP contribution in [0.25, 0.3) is 22.7 Å². The zero-order valence-corrected chi connectivity index (χ0v) is 13.4. The van der Waals surface area contributed by atoms with Gasteiger partial charge in [0.2, 0.25) is 0 Å². The third-order valence-corrected chi connectivity index (χ3v) is 3.62. The number of nitriles is 1. The molecule has 0 amide bonds. The van der Waals surface area contributed by atoms with E-state index in [1.807, 2.05) is 24.3 Å². The number of carboxylic acids is 1. The summed E-state index contributed by atoms with van der Waals surface area (Å²) in [5, 5.41) is 18.3. The highest BCUT2D eigenvalue weighted by Gasteiger charge is 2.12. The number of H-pyrrole nitrogens is 1. The first-order valence-corrected chi connectivity index (χ1v) is 7.63. The van der Waals surface area contributed by atoms with Crippen LogP contribution in [-0.2, 0) is 4.79 Å². The molecule has 0 aliphatic heterocycles. The minimum absolute atomic E-state index is 0.406. The molecule has 0 aliphatic rings. The van der Waals surface area contributed by atoms with Crippen molar-refractivity contribution in [2.24, 2.45) is 0 Å². The lowest BCUT2D eigenvalue weighted by Gasteiger charge is -2.10. The summed E-state index contributed by atoms with van der Waals surface area (Å²) in [6, 6.07) is 16.5. The number of allylic oxidation sites excluding steroid dienone is 1. The number of aromatic amines is 1. The molecule has 124 valence electrons. The molecule has 6 nitrogen and oxygen atoms in total. The number of hydrogen-bond donors (Lipinski definition) is 2. The number of carboxylic acid groups (broad SMARTS) is 1. The molecule has 0 aliphatic carbocycles. The minimum atomic E-state index is -1.03. The van der Waals surface area contributed by atoms with E-state index in [1.54, 1.807) is 30.3 Å². The Morgan fingerprint density at radius 2 is 2.00 bits per heavy atom. The second-order valence-corrected chi connectivity index (χ2v) is 5.44. The summed E-state index contributed by atoms with van der Waals surface area (Å²) in [4.78, 5) is 18.3. The Hall–Kier alpha value is -3.59. The van der Waals surface area contributed by atoms with E-state index in [0.29, 0.717) is 17.1 Å². The number of carbonyl (C=O) groups is 1. The molecular formula is C19H15N3O3. The van der Waals surface area contributed by atoms with Crippen molar-refractivity contribution in [2.75, 3.05) is 0 Å². The smallest absolute Gasteiger partial charge is 0.344 e. The van der Waals surface area contributed by atoms with Gasteiger partial charge in [-0.2, -0.15) is 5.26 Å². The second-order valence-electron chi connectivity index (χ2n) is 5.44. The highest BCUT2D eigenvalue weighted by atomic mass is 16.5. The molecule has 2 N–H and O–H groups in total. The molecule has 0 saturated heterocycles. The van der Waals surface area contributed by atoms with Gasteiger partial charge in [-0.1, -0.05) is 24.3 Å². The highest BCUT2D eigenvalue weighted by Crippen LogP contribution is 2.21. The zero-order chi connectivity index (χ0) is 17.8. The summed E-state index contributed by atoms with van der Waals surface area (Å²) >= 11 is 0. The molecule has 3 rings (SSSR count). The van der Waals surface area contributed by atoms with Gasteiger partial charge >= 0.3 is 5.97 Å². The fourth-order valence-corrected chi connectivity index (χ4v) is 2.30. The van der Waals surface area contributed by atoms with E-state index in [4.69, 9.17) is 9.84 Å². The lowest BCUT2D eigenvalue weighted by Crippen LogP contribution is -2.22. The van der Waals surface area contributed by atoms with Crippen molar-refractivity contribution in [1.82, 2.24) is 9.97 Å².